The number of para-hydroxylation sites is 1. The Morgan fingerprint density at radius 1 is 1.12 bits per heavy atom. The summed E-state index contributed by atoms with van der Waals surface area (Å²) in [7, 11) is -3.54. The fraction of sp³-hybridized carbons (Fsp3) is 0.278. The van der Waals surface area contributed by atoms with Crippen molar-refractivity contribution < 1.29 is 17.6 Å². The fourth-order valence-corrected chi connectivity index (χ4v) is 3.25. The molecular formula is C18H21FN2O3S. The van der Waals surface area contributed by atoms with E-state index in [2.05, 4.69) is 10.0 Å². The van der Waals surface area contributed by atoms with E-state index >= 15 is 0 Å². The lowest BCUT2D eigenvalue weighted by molar-refractivity contribution is -0.116. The third-order valence-corrected chi connectivity index (χ3v) is 4.40. The summed E-state index contributed by atoms with van der Waals surface area (Å²) in [6.07, 6.45) is 1.68. The van der Waals surface area contributed by atoms with Gasteiger partial charge in [0, 0.05) is 12.1 Å². The summed E-state index contributed by atoms with van der Waals surface area (Å²) in [5.41, 5.74) is 2.21. The van der Waals surface area contributed by atoms with Crippen LogP contribution in [0.2, 0.25) is 0 Å². The van der Waals surface area contributed by atoms with E-state index in [0.717, 1.165) is 18.2 Å². The Morgan fingerprint density at radius 2 is 1.76 bits per heavy atom. The van der Waals surface area contributed by atoms with Crippen LogP contribution in [0.3, 0.4) is 0 Å². The lowest BCUT2D eigenvalue weighted by Crippen LogP contribution is -2.30. The second-order valence-corrected chi connectivity index (χ2v) is 7.54. The molecule has 0 saturated heterocycles. The van der Waals surface area contributed by atoms with Gasteiger partial charge in [0.1, 0.15) is 5.82 Å². The van der Waals surface area contributed by atoms with Gasteiger partial charge in [-0.05, 0) is 35.7 Å². The highest BCUT2D eigenvalue weighted by Crippen LogP contribution is 2.21. The number of hydrogen-bond acceptors (Lipinski definition) is 3. The Hall–Kier alpha value is -2.25. The van der Waals surface area contributed by atoms with Crippen LogP contribution < -0.4 is 10.0 Å². The Labute approximate surface area is 147 Å². The van der Waals surface area contributed by atoms with Gasteiger partial charge in [-0.2, -0.15) is 0 Å². The molecule has 0 aromatic heterocycles. The zero-order valence-electron chi connectivity index (χ0n) is 14.1. The maximum atomic E-state index is 13.1. The first kappa shape index (κ1) is 19.1. The summed E-state index contributed by atoms with van der Waals surface area (Å²) < 4.78 is 38.7. The van der Waals surface area contributed by atoms with E-state index in [1.165, 1.54) is 24.3 Å². The van der Waals surface area contributed by atoms with E-state index in [1.807, 2.05) is 25.1 Å². The third-order valence-electron chi connectivity index (χ3n) is 3.69. The summed E-state index contributed by atoms with van der Waals surface area (Å²) in [6, 6.07) is 12.0. The Balaban J connectivity index is 2.18. The van der Waals surface area contributed by atoms with E-state index in [-0.39, 0.29) is 12.3 Å². The number of benzene rings is 2. The summed E-state index contributed by atoms with van der Waals surface area (Å²) in [6.45, 7) is 1.98. The second kappa shape index (κ2) is 8.22. The molecule has 0 unspecified atom stereocenters. The normalized spacial score (nSPS) is 12.6. The molecule has 0 spiro atoms. The minimum Gasteiger partial charge on any atom is -0.326 e. The van der Waals surface area contributed by atoms with Gasteiger partial charge in [-0.3, -0.25) is 4.79 Å². The predicted molar refractivity (Wildman–Crippen MR) is 96.2 cm³/mol. The summed E-state index contributed by atoms with van der Waals surface area (Å²) in [4.78, 5) is 12.4. The highest BCUT2D eigenvalue weighted by Gasteiger charge is 2.20. The van der Waals surface area contributed by atoms with Gasteiger partial charge in [-0.1, -0.05) is 37.3 Å². The molecule has 5 nitrogen and oxygen atoms in total. The van der Waals surface area contributed by atoms with Crippen LogP contribution in [-0.2, 0) is 21.2 Å². The van der Waals surface area contributed by atoms with E-state index in [9.17, 15) is 17.6 Å². The first-order chi connectivity index (χ1) is 11.8. The molecule has 0 fully saturated rings. The highest BCUT2D eigenvalue weighted by atomic mass is 32.2. The standard InChI is InChI=1S/C18H21FN2O3S/c1-3-13-6-4-5-7-16(13)20-18(22)12-17(21-25(2,23)24)14-8-10-15(19)11-9-14/h4-11,17,21H,3,12H2,1-2H3,(H,20,22)/t17-/m1/s1. The van der Waals surface area contributed by atoms with Crippen molar-refractivity contribution in [3.8, 4) is 0 Å². The summed E-state index contributed by atoms with van der Waals surface area (Å²) in [5, 5.41) is 2.81. The monoisotopic (exact) mass is 364 g/mol. The summed E-state index contributed by atoms with van der Waals surface area (Å²) in [5.74, 6) is -0.755. The minimum absolute atomic E-state index is 0.100. The number of anilines is 1. The van der Waals surface area contributed by atoms with Crippen LogP contribution in [0.5, 0.6) is 0 Å². The van der Waals surface area contributed by atoms with Crippen molar-refractivity contribution >= 4 is 21.6 Å². The van der Waals surface area contributed by atoms with Crippen LogP contribution in [0, 0.1) is 5.82 Å². The summed E-state index contributed by atoms with van der Waals surface area (Å²) >= 11 is 0. The van der Waals surface area contributed by atoms with Crippen molar-refractivity contribution in [1.82, 2.24) is 4.72 Å². The SMILES string of the molecule is CCc1ccccc1NC(=O)C[C@@H](NS(C)(=O)=O)c1ccc(F)cc1. The molecule has 0 aliphatic heterocycles. The van der Waals surface area contributed by atoms with Crippen LogP contribution in [0.1, 0.15) is 30.5 Å². The molecule has 7 heteroatoms. The van der Waals surface area contributed by atoms with E-state index in [0.29, 0.717) is 11.3 Å². The number of amides is 1. The number of halogens is 1. The second-order valence-electron chi connectivity index (χ2n) is 5.76. The number of sulfonamides is 1. The van der Waals surface area contributed by atoms with Crippen molar-refractivity contribution in [2.75, 3.05) is 11.6 Å². The quantitative estimate of drug-likeness (QED) is 0.793. The van der Waals surface area contributed by atoms with Gasteiger partial charge in [0.2, 0.25) is 15.9 Å². The molecule has 2 aromatic rings. The molecule has 0 aliphatic carbocycles. The third kappa shape index (κ3) is 5.95. The zero-order chi connectivity index (χ0) is 18.4. The van der Waals surface area contributed by atoms with E-state index < -0.39 is 21.9 Å². The fourth-order valence-electron chi connectivity index (χ4n) is 2.52. The lowest BCUT2D eigenvalue weighted by atomic mass is 10.0. The molecule has 0 aliphatic rings. The van der Waals surface area contributed by atoms with Gasteiger partial charge in [0.05, 0.1) is 12.3 Å². The van der Waals surface area contributed by atoms with Crippen molar-refractivity contribution in [1.29, 1.82) is 0 Å². The van der Waals surface area contributed by atoms with Crippen LogP contribution in [-0.4, -0.2) is 20.6 Å². The Morgan fingerprint density at radius 3 is 2.36 bits per heavy atom. The number of rotatable bonds is 7. The van der Waals surface area contributed by atoms with Gasteiger partial charge in [-0.25, -0.2) is 17.5 Å². The number of hydrogen-bond donors (Lipinski definition) is 2. The molecule has 2 aromatic carbocycles. The van der Waals surface area contributed by atoms with Crippen LogP contribution in [0.4, 0.5) is 10.1 Å². The molecule has 134 valence electrons. The molecule has 2 N–H and O–H groups in total. The zero-order valence-corrected chi connectivity index (χ0v) is 14.9. The first-order valence-corrected chi connectivity index (χ1v) is 9.78. The maximum absolute atomic E-state index is 13.1. The molecule has 0 radical (unpaired) electrons. The highest BCUT2D eigenvalue weighted by molar-refractivity contribution is 7.88. The van der Waals surface area contributed by atoms with Crippen molar-refractivity contribution in [3.05, 3.63) is 65.5 Å². The average molecular weight is 364 g/mol. The molecule has 0 bridgehead atoms. The molecule has 1 atom stereocenters. The number of carbonyl (C=O) groups excluding carboxylic acids is 1. The van der Waals surface area contributed by atoms with E-state index in [4.69, 9.17) is 0 Å². The Kier molecular flexibility index (Phi) is 6.27. The van der Waals surface area contributed by atoms with Gasteiger partial charge in [-0.15, -0.1) is 0 Å². The van der Waals surface area contributed by atoms with Gasteiger partial charge in [0.25, 0.3) is 0 Å². The van der Waals surface area contributed by atoms with Crippen molar-refractivity contribution in [3.63, 3.8) is 0 Å². The van der Waals surface area contributed by atoms with Gasteiger partial charge < -0.3 is 5.32 Å². The van der Waals surface area contributed by atoms with Crippen molar-refractivity contribution in [2.24, 2.45) is 0 Å². The average Bonchev–Trinajstić information content (AvgIpc) is 2.54. The van der Waals surface area contributed by atoms with Crippen LogP contribution >= 0.6 is 0 Å². The van der Waals surface area contributed by atoms with Crippen LogP contribution in [0.25, 0.3) is 0 Å². The van der Waals surface area contributed by atoms with E-state index in [1.54, 1.807) is 6.07 Å². The lowest BCUT2D eigenvalue weighted by Gasteiger charge is -2.18. The van der Waals surface area contributed by atoms with Gasteiger partial charge >= 0.3 is 0 Å². The van der Waals surface area contributed by atoms with Gasteiger partial charge in [0.15, 0.2) is 0 Å². The number of nitrogens with one attached hydrogen (secondary N) is 2. The Bertz CT molecular complexity index is 836. The predicted octanol–water partition coefficient (Wildman–Crippen LogP) is 3.01. The first-order valence-electron chi connectivity index (χ1n) is 7.89. The maximum Gasteiger partial charge on any atom is 0.226 e. The van der Waals surface area contributed by atoms with Crippen LogP contribution in [0.15, 0.2) is 48.5 Å². The molecule has 2 rings (SSSR count). The number of aryl methyl sites for hydroxylation is 1. The molecule has 1 amide bonds. The molecule has 0 heterocycles. The molecule has 25 heavy (non-hydrogen) atoms. The molecule has 0 saturated carbocycles. The largest absolute Gasteiger partial charge is 0.326 e. The van der Waals surface area contributed by atoms with Crippen molar-refractivity contribution in [2.45, 2.75) is 25.8 Å². The minimum atomic E-state index is -3.54. The molecular weight excluding hydrogens is 343 g/mol. The number of carbonyl (C=O) groups is 1. The smallest absolute Gasteiger partial charge is 0.226 e. The topological polar surface area (TPSA) is 75.3 Å².